The summed E-state index contributed by atoms with van der Waals surface area (Å²) in [5, 5.41) is 13.6. The number of carbonyl (C=O) groups is 1. The number of aromatic nitrogens is 2. The quantitative estimate of drug-likeness (QED) is 0.879. The lowest BCUT2D eigenvalue weighted by Crippen LogP contribution is -2.14. The van der Waals surface area contributed by atoms with Gasteiger partial charge in [-0.05, 0) is 18.4 Å². The minimum Gasteiger partial charge on any atom is -0.476 e. The standard InChI is InChI=1S/C14H14N2O3S/c1-20-12-5-3-2-4-11(12)16-10-6-7-19-8-9(10)13(15-16)14(17)18/h2-5H,6-8H2,1H3,(H,17,18). The Morgan fingerprint density at radius 2 is 2.25 bits per heavy atom. The molecule has 5 nitrogen and oxygen atoms in total. The third kappa shape index (κ3) is 2.10. The fraction of sp³-hybridized carbons (Fsp3) is 0.286. The van der Waals surface area contributed by atoms with Crippen LogP contribution in [-0.2, 0) is 17.8 Å². The van der Waals surface area contributed by atoms with Crippen molar-refractivity contribution in [2.24, 2.45) is 0 Å². The monoisotopic (exact) mass is 290 g/mol. The molecule has 0 unspecified atom stereocenters. The van der Waals surface area contributed by atoms with Gasteiger partial charge in [-0.1, -0.05) is 12.1 Å². The van der Waals surface area contributed by atoms with E-state index in [0.717, 1.165) is 16.3 Å². The molecule has 0 bridgehead atoms. The Hall–Kier alpha value is -1.79. The summed E-state index contributed by atoms with van der Waals surface area (Å²) in [6, 6.07) is 7.86. The van der Waals surface area contributed by atoms with Gasteiger partial charge < -0.3 is 9.84 Å². The van der Waals surface area contributed by atoms with Gasteiger partial charge in [-0.3, -0.25) is 0 Å². The van der Waals surface area contributed by atoms with Gasteiger partial charge >= 0.3 is 5.97 Å². The zero-order chi connectivity index (χ0) is 14.1. The van der Waals surface area contributed by atoms with E-state index >= 15 is 0 Å². The van der Waals surface area contributed by atoms with Crippen molar-refractivity contribution in [2.75, 3.05) is 12.9 Å². The van der Waals surface area contributed by atoms with Crippen LogP contribution >= 0.6 is 11.8 Å². The number of aromatic carboxylic acids is 1. The molecule has 0 aliphatic carbocycles. The molecule has 1 N–H and O–H groups in total. The van der Waals surface area contributed by atoms with Crippen LogP contribution in [0, 0.1) is 0 Å². The first-order valence-electron chi connectivity index (χ1n) is 6.27. The molecule has 2 heterocycles. The van der Waals surface area contributed by atoms with Gasteiger partial charge in [0.15, 0.2) is 5.69 Å². The molecule has 0 atom stereocenters. The van der Waals surface area contributed by atoms with Crippen LogP contribution in [0.5, 0.6) is 0 Å². The van der Waals surface area contributed by atoms with Crippen molar-refractivity contribution in [3.05, 3.63) is 41.2 Å². The summed E-state index contributed by atoms with van der Waals surface area (Å²) < 4.78 is 7.13. The van der Waals surface area contributed by atoms with Crippen molar-refractivity contribution in [1.29, 1.82) is 0 Å². The van der Waals surface area contributed by atoms with Crippen molar-refractivity contribution < 1.29 is 14.6 Å². The number of benzene rings is 1. The first-order valence-corrected chi connectivity index (χ1v) is 7.50. The molecule has 1 aromatic heterocycles. The maximum atomic E-state index is 11.3. The average Bonchev–Trinajstić information content (AvgIpc) is 2.87. The zero-order valence-corrected chi connectivity index (χ0v) is 11.8. The molecule has 0 fully saturated rings. The molecule has 104 valence electrons. The summed E-state index contributed by atoms with van der Waals surface area (Å²) in [4.78, 5) is 12.4. The predicted octanol–water partition coefficient (Wildman–Crippen LogP) is 2.37. The van der Waals surface area contributed by atoms with E-state index in [1.54, 1.807) is 16.4 Å². The van der Waals surface area contributed by atoms with E-state index in [1.165, 1.54) is 0 Å². The summed E-state index contributed by atoms with van der Waals surface area (Å²) in [6.07, 6.45) is 2.67. The molecule has 3 rings (SSSR count). The fourth-order valence-electron chi connectivity index (χ4n) is 2.41. The Morgan fingerprint density at radius 3 is 3.00 bits per heavy atom. The topological polar surface area (TPSA) is 64.4 Å². The number of para-hydroxylation sites is 1. The van der Waals surface area contributed by atoms with Gasteiger partial charge in [0.05, 0.1) is 24.6 Å². The van der Waals surface area contributed by atoms with Crippen LogP contribution in [0.3, 0.4) is 0 Å². The summed E-state index contributed by atoms with van der Waals surface area (Å²) in [6.45, 7) is 0.914. The van der Waals surface area contributed by atoms with Gasteiger partial charge in [0, 0.05) is 16.9 Å². The molecule has 1 aliphatic heterocycles. The van der Waals surface area contributed by atoms with Crippen molar-refractivity contribution in [1.82, 2.24) is 9.78 Å². The largest absolute Gasteiger partial charge is 0.476 e. The molecule has 0 radical (unpaired) electrons. The number of nitrogens with zero attached hydrogens (tertiary/aromatic N) is 2. The maximum absolute atomic E-state index is 11.3. The van der Waals surface area contributed by atoms with E-state index in [1.807, 2.05) is 30.5 Å². The first-order chi connectivity index (χ1) is 9.72. The molecule has 1 aromatic carbocycles. The third-order valence-electron chi connectivity index (χ3n) is 3.34. The molecule has 2 aromatic rings. The summed E-state index contributed by atoms with van der Waals surface area (Å²) >= 11 is 1.62. The highest BCUT2D eigenvalue weighted by molar-refractivity contribution is 7.98. The summed E-state index contributed by atoms with van der Waals surface area (Å²) in [5.74, 6) is -1.01. The number of carboxylic acids is 1. The van der Waals surface area contributed by atoms with Crippen molar-refractivity contribution in [3.63, 3.8) is 0 Å². The van der Waals surface area contributed by atoms with Gasteiger partial charge in [-0.15, -0.1) is 11.8 Å². The molecule has 20 heavy (non-hydrogen) atoms. The van der Waals surface area contributed by atoms with Crippen LogP contribution in [0.25, 0.3) is 5.69 Å². The fourth-order valence-corrected chi connectivity index (χ4v) is 2.99. The van der Waals surface area contributed by atoms with E-state index in [0.29, 0.717) is 25.2 Å². The molecule has 0 spiro atoms. The Balaban J connectivity index is 2.21. The maximum Gasteiger partial charge on any atom is 0.356 e. The van der Waals surface area contributed by atoms with Crippen molar-refractivity contribution >= 4 is 17.7 Å². The van der Waals surface area contributed by atoms with Gasteiger partial charge in [0.2, 0.25) is 0 Å². The molecule has 0 saturated heterocycles. The Kier molecular flexibility index (Phi) is 3.50. The third-order valence-corrected chi connectivity index (χ3v) is 4.12. The van der Waals surface area contributed by atoms with Crippen LogP contribution in [-0.4, -0.2) is 33.7 Å². The second-order valence-corrected chi connectivity index (χ2v) is 5.31. The molecule has 0 amide bonds. The Morgan fingerprint density at radius 1 is 1.45 bits per heavy atom. The van der Waals surface area contributed by atoms with E-state index in [-0.39, 0.29) is 5.69 Å². The van der Waals surface area contributed by atoms with E-state index in [9.17, 15) is 9.90 Å². The molecule has 1 aliphatic rings. The number of fused-ring (bicyclic) bond motifs is 1. The van der Waals surface area contributed by atoms with Gasteiger partial charge in [0.25, 0.3) is 0 Å². The number of carboxylic acid groups (broad SMARTS) is 1. The highest BCUT2D eigenvalue weighted by Crippen LogP contribution is 2.29. The van der Waals surface area contributed by atoms with E-state index in [4.69, 9.17) is 4.74 Å². The second-order valence-electron chi connectivity index (χ2n) is 4.47. The van der Waals surface area contributed by atoms with Crippen LogP contribution in [0.1, 0.15) is 21.7 Å². The molecular formula is C14H14N2O3S. The van der Waals surface area contributed by atoms with Crippen molar-refractivity contribution in [2.45, 2.75) is 17.9 Å². The Bertz CT molecular complexity index is 666. The van der Waals surface area contributed by atoms with Crippen LogP contribution in [0.4, 0.5) is 0 Å². The molecular weight excluding hydrogens is 276 g/mol. The van der Waals surface area contributed by atoms with Crippen LogP contribution in [0.15, 0.2) is 29.2 Å². The lowest BCUT2D eigenvalue weighted by molar-refractivity contribution is 0.0677. The number of ether oxygens (including phenoxy) is 1. The number of rotatable bonds is 3. The highest BCUT2D eigenvalue weighted by atomic mass is 32.2. The number of thioether (sulfide) groups is 1. The first kappa shape index (κ1) is 13.2. The minimum absolute atomic E-state index is 0.0932. The normalized spacial score (nSPS) is 14.1. The second kappa shape index (κ2) is 5.30. The van der Waals surface area contributed by atoms with Gasteiger partial charge in [-0.2, -0.15) is 5.10 Å². The Labute approximate surface area is 120 Å². The summed E-state index contributed by atoms with van der Waals surface area (Å²) in [5.41, 5.74) is 2.65. The molecule has 0 saturated carbocycles. The number of hydrogen-bond acceptors (Lipinski definition) is 4. The van der Waals surface area contributed by atoms with Gasteiger partial charge in [0.1, 0.15) is 0 Å². The van der Waals surface area contributed by atoms with E-state index in [2.05, 4.69) is 5.10 Å². The SMILES string of the molecule is CSc1ccccc1-n1nc(C(=O)O)c2c1CCOC2. The molecule has 6 heteroatoms. The summed E-state index contributed by atoms with van der Waals surface area (Å²) in [7, 11) is 0. The number of hydrogen-bond donors (Lipinski definition) is 1. The van der Waals surface area contributed by atoms with Crippen molar-refractivity contribution in [3.8, 4) is 5.69 Å². The smallest absolute Gasteiger partial charge is 0.356 e. The lowest BCUT2D eigenvalue weighted by Gasteiger charge is -2.16. The average molecular weight is 290 g/mol. The minimum atomic E-state index is -1.01. The predicted molar refractivity (Wildman–Crippen MR) is 75.7 cm³/mol. The highest BCUT2D eigenvalue weighted by Gasteiger charge is 2.26. The van der Waals surface area contributed by atoms with E-state index < -0.39 is 5.97 Å². The lowest BCUT2D eigenvalue weighted by atomic mass is 10.1. The zero-order valence-electron chi connectivity index (χ0n) is 11.0. The van der Waals surface area contributed by atoms with Crippen LogP contribution < -0.4 is 0 Å². The van der Waals surface area contributed by atoms with Crippen LogP contribution in [0.2, 0.25) is 0 Å². The van der Waals surface area contributed by atoms with Gasteiger partial charge in [-0.25, -0.2) is 9.48 Å².